The monoisotopic (exact) mass is 308 g/mol. The summed E-state index contributed by atoms with van der Waals surface area (Å²) in [5.41, 5.74) is 7.51. The van der Waals surface area contributed by atoms with E-state index < -0.39 is 10.0 Å². The molecule has 3 N–H and O–H groups in total. The van der Waals surface area contributed by atoms with Gasteiger partial charge in [-0.05, 0) is 31.0 Å². The van der Waals surface area contributed by atoms with E-state index in [1.807, 2.05) is 13.0 Å². The predicted octanol–water partition coefficient (Wildman–Crippen LogP) is 1.94. The highest BCUT2D eigenvalue weighted by molar-refractivity contribution is 7.92. The van der Waals surface area contributed by atoms with Gasteiger partial charge in [0.25, 0.3) is 10.0 Å². The predicted molar refractivity (Wildman–Crippen MR) is 82.4 cm³/mol. The third-order valence-corrected chi connectivity index (χ3v) is 4.63. The fourth-order valence-corrected chi connectivity index (χ4v) is 3.18. The molecule has 0 bridgehead atoms. The normalized spacial score (nSPS) is 13.1. The van der Waals surface area contributed by atoms with Crippen LogP contribution in [0.5, 0.6) is 0 Å². The maximum atomic E-state index is 12.4. The number of hydrogen-bond donors (Lipinski definition) is 2. The molecule has 21 heavy (non-hydrogen) atoms. The largest absolute Gasteiger partial charge is 0.324 e. The number of nitrogens with two attached hydrogens (primary N) is 1. The zero-order valence-corrected chi connectivity index (χ0v) is 13.2. The van der Waals surface area contributed by atoms with Crippen molar-refractivity contribution in [2.24, 2.45) is 12.8 Å². The van der Waals surface area contributed by atoms with E-state index in [1.165, 1.54) is 4.68 Å². The first-order valence-electron chi connectivity index (χ1n) is 6.72. The number of nitrogens with zero attached hydrogens (tertiary/aromatic N) is 2. The van der Waals surface area contributed by atoms with Crippen LogP contribution >= 0.6 is 0 Å². The van der Waals surface area contributed by atoms with E-state index in [4.69, 9.17) is 5.73 Å². The first-order chi connectivity index (χ1) is 9.83. The molecule has 7 heteroatoms. The van der Waals surface area contributed by atoms with Crippen molar-refractivity contribution in [1.29, 1.82) is 0 Å². The number of sulfonamides is 1. The SMILES string of the molecule is CCC(N)c1cccc(S(=O)(=O)Nc2cc(C)nn2C)c1. The van der Waals surface area contributed by atoms with Crippen LogP contribution in [-0.2, 0) is 17.1 Å². The summed E-state index contributed by atoms with van der Waals surface area (Å²) >= 11 is 0. The van der Waals surface area contributed by atoms with Gasteiger partial charge in [-0.2, -0.15) is 5.10 Å². The fourth-order valence-electron chi connectivity index (χ4n) is 2.05. The summed E-state index contributed by atoms with van der Waals surface area (Å²) in [6.07, 6.45) is 0.748. The van der Waals surface area contributed by atoms with Gasteiger partial charge in [-0.25, -0.2) is 8.42 Å². The smallest absolute Gasteiger partial charge is 0.263 e. The van der Waals surface area contributed by atoms with Crippen LogP contribution in [0.1, 0.15) is 30.6 Å². The number of rotatable bonds is 5. The molecule has 114 valence electrons. The second-order valence-electron chi connectivity index (χ2n) is 4.99. The summed E-state index contributed by atoms with van der Waals surface area (Å²) < 4.78 is 28.9. The van der Waals surface area contributed by atoms with Gasteiger partial charge in [0.15, 0.2) is 0 Å². The average molecular weight is 308 g/mol. The van der Waals surface area contributed by atoms with Gasteiger partial charge in [0.1, 0.15) is 5.82 Å². The molecule has 2 rings (SSSR count). The molecule has 0 aliphatic heterocycles. The van der Waals surface area contributed by atoms with E-state index in [0.717, 1.165) is 17.7 Å². The van der Waals surface area contributed by atoms with Crippen LogP contribution in [0.25, 0.3) is 0 Å². The Bertz CT molecular complexity index is 737. The average Bonchev–Trinajstić information content (AvgIpc) is 2.75. The van der Waals surface area contributed by atoms with Gasteiger partial charge in [0.05, 0.1) is 10.6 Å². The van der Waals surface area contributed by atoms with Crippen LogP contribution in [0.3, 0.4) is 0 Å². The van der Waals surface area contributed by atoms with Crippen molar-refractivity contribution in [3.05, 3.63) is 41.6 Å². The number of aromatic nitrogens is 2. The zero-order valence-electron chi connectivity index (χ0n) is 12.4. The van der Waals surface area contributed by atoms with Crippen LogP contribution < -0.4 is 10.5 Å². The molecule has 0 spiro atoms. The molecular weight excluding hydrogens is 288 g/mol. The van der Waals surface area contributed by atoms with Crippen molar-refractivity contribution in [3.63, 3.8) is 0 Å². The highest BCUT2D eigenvalue weighted by Gasteiger charge is 2.17. The van der Waals surface area contributed by atoms with Gasteiger partial charge >= 0.3 is 0 Å². The second-order valence-corrected chi connectivity index (χ2v) is 6.67. The van der Waals surface area contributed by atoms with E-state index in [0.29, 0.717) is 5.82 Å². The summed E-state index contributed by atoms with van der Waals surface area (Å²) in [7, 11) is -1.96. The fraction of sp³-hybridized carbons (Fsp3) is 0.357. The van der Waals surface area contributed by atoms with Crippen molar-refractivity contribution in [2.75, 3.05) is 4.72 Å². The lowest BCUT2D eigenvalue weighted by Crippen LogP contribution is -2.16. The molecule has 2 aromatic rings. The van der Waals surface area contributed by atoms with Gasteiger partial charge in [0, 0.05) is 19.2 Å². The molecule has 0 fully saturated rings. The van der Waals surface area contributed by atoms with Crippen molar-refractivity contribution in [1.82, 2.24) is 9.78 Å². The topological polar surface area (TPSA) is 90.0 Å². The Hall–Kier alpha value is -1.86. The molecule has 0 aliphatic carbocycles. The molecular formula is C14H20N4O2S. The number of hydrogen-bond acceptors (Lipinski definition) is 4. The number of nitrogens with one attached hydrogen (secondary N) is 1. The van der Waals surface area contributed by atoms with Gasteiger partial charge < -0.3 is 5.73 Å². The molecule has 0 saturated heterocycles. The Kier molecular flexibility index (Phi) is 4.34. The van der Waals surface area contributed by atoms with Crippen molar-refractivity contribution < 1.29 is 8.42 Å². The Morgan fingerprint density at radius 2 is 2.10 bits per heavy atom. The molecule has 1 unspecified atom stereocenters. The lowest BCUT2D eigenvalue weighted by molar-refractivity contribution is 0.599. The van der Waals surface area contributed by atoms with Crippen molar-refractivity contribution in [2.45, 2.75) is 31.2 Å². The Morgan fingerprint density at radius 1 is 1.38 bits per heavy atom. The molecule has 0 saturated carbocycles. The maximum absolute atomic E-state index is 12.4. The summed E-state index contributed by atoms with van der Waals surface area (Å²) in [6.45, 7) is 3.77. The van der Waals surface area contributed by atoms with Gasteiger partial charge in [0.2, 0.25) is 0 Å². The first-order valence-corrected chi connectivity index (χ1v) is 8.21. The molecule has 1 atom stereocenters. The minimum Gasteiger partial charge on any atom is -0.324 e. The van der Waals surface area contributed by atoms with Crippen LogP contribution in [0.4, 0.5) is 5.82 Å². The van der Waals surface area contributed by atoms with E-state index in [-0.39, 0.29) is 10.9 Å². The van der Waals surface area contributed by atoms with Crippen LogP contribution in [-0.4, -0.2) is 18.2 Å². The molecule has 1 aromatic heterocycles. The minimum atomic E-state index is -3.65. The molecule has 1 heterocycles. The lowest BCUT2D eigenvalue weighted by atomic mass is 10.1. The highest BCUT2D eigenvalue weighted by atomic mass is 32.2. The van der Waals surface area contributed by atoms with Crippen LogP contribution in [0.2, 0.25) is 0 Å². The zero-order chi connectivity index (χ0) is 15.6. The van der Waals surface area contributed by atoms with Crippen molar-refractivity contribution in [3.8, 4) is 0 Å². The van der Waals surface area contributed by atoms with Crippen molar-refractivity contribution >= 4 is 15.8 Å². The Balaban J connectivity index is 2.33. The van der Waals surface area contributed by atoms with Crippen LogP contribution in [0, 0.1) is 6.92 Å². The third-order valence-electron chi connectivity index (χ3n) is 3.28. The Labute approximate surface area is 125 Å². The van der Waals surface area contributed by atoms with Gasteiger partial charge in [-0.15, -0.1) is 0 Å². The minimum absolute atomic E-state index is 0.168. The molecule has 0 radical (unpaired) electrons. The van der Waals surface area contributed by atoms with Crippen LogP contribution in [0.15, 0.2) is 35.2 Å². The summed E-state index contributed by atoms with van der Waals surface area (Å²) in [5.74, 6) is 0.428. The molecule has 6 nitrogen and oxygen atoms in total. The molecule has 0 amide bonds. The number of anilines is 1. The van der Waals surface area contributed by atoms with E-state index >= 15 is 0 Å². The maximum Gasteiger partial charge on any atom is 0.263 e. The van der Waals surface area contributed by atoms with E-state index in [1.54, 1.807) is 38.2 Å². The summed E-state index contributed by atoms with van der Waals surface area (Å²) in [5, 5.41) is 4.12. The highest BCUT2D eigenvalue weighted by Crippen LogP contribution is 2.20. The van der Waals surface area contributed by atoms with Gasteiger partial charge in [-0.3, -0.25) is 9.40 Å². The second kappa shape index (κ2) is 5.87. The number of aryl methyl sites for hydroxylation is 2. The third kappa shape index (κ3) is 3.43. The van der Waals surface area contributed by atoms with E-state index in [9.17, 15) is 8.42 Å². The number of benzene rings is 1. The van der Waals surface area contributed by atoms with Gasteiger partial charge in [-0.1, -0.05) is 19.1 Å². The summed E-state index contributed by atoms with van der Waals surface area (Å²) in [4.78, 5) is 0.197. The summed E-state index contributed by atoms with van der Waals surface area (Å²) in [6, 6.07) is 8.21. The first kappa shape index (κ1) is 15.5. The molecule has 0 aliphatic rings. The Morgan fingerprint density at radius 3 is 2.67 bits per heavy atom. The quantitative estimate of drug-likeness (QED) is 0.883. The van der Waals surface area contributed by atoms with E-state index in [2.05, 4.69) is 9.82 Å². The lowest BCUT2D eigenvalue weighted by Gasteiger charge is -2.12. The molecule has 1 aromatic carbocycles. The standard InChI is InChI=1S/C14H20N4O2S/c1-4-13(15)11-6-5-7-12(9-11)21(19,20)17-14-8-10(2)16-18(14)3/h5-9,13,17H,4,15H2,1-3H3.